The SMILES string of the molecule is CC(CN1CCC1)c1ccc(Br)cc1. The highest BCUT2D eigenvalue weighted by Crippen LogP contribution is 2.21. The van der Waals surface area contributed by atoms with Crippen LogP contribution in [0.5, 0.6) is 0 Å². The Bertz CT molecular complexity index is 290. The molecule has 1 nitrogen and oxygen atoms in total. The lowest BCUT2D eigenvalue weighted by Gasteiger charge is -2.33. The molecule has 1 aliphatic heterocycles. The molecule has 1 aliphatic rings. The van der Waals surface area contributed by atoms with E-state index in [1.807, 2.05) is 0 Å². The first kappa shape index (κ1) is 10.2. The van der Waals surface area contributed by atoms with Crippen molar-refractivity contribution in [1.29, 1.82) is 0 Å². The van der Waals surface area contributed by atoms with Gasteiger partial charge in [-0.3, -0.25) is 0 Å². The topological polar surface area (TPSA) is 3.24 Å². The molecule has 0 spiro atoms. The highest BCUT2D eigenvalue weighted by molar-refractivity contribution is 9.10. The van der Waals surface area contributed by atoms with E-state index in [2.05, 4.69) is 52.0 Å². The normalized spacial score (nSPS) is 19.0. The molecule has 0 aromatic heterocycles. The molecule has 1 fully saturated rings. The summed E-state index contributed by atoms with van der Waals surface area (Å²) in [5.74, 6) is 0.656. The molecule has 1 saturated heterocycles. The zero-order valence-electron chi connectivity index (χ0n) is 8.54. The van der Waals surface area contributed by atoms with Crippen molar-refractivity contribution in [1.82, 2.24) is 4.90 Å². The summed E-state index contributed by atoms with van der Waals surface area (Å²) in [7, 11) is 0. The first-order chi connectivity index (χ1) is 6.75. The average molecular weight is 254 g/mol. The molecule has 14 heavy (non-hydrogen) atoms. The van der Waals surface area contributed by atoms with Crippen molar-refractivity contribution in [3.05, 3.63) is 34.3 Å². The summed E-state index contributed by atoms with van der Waals surface area (Å²) < 4.78 is 1.16. The van der Waals surface area contributed by atoms with Crippen LogP contribution in [0, 0.1) is 0 Å². The second kappa shape index (κ2) is 4.45. The van der Waals surface area contributed by atoms with Gasteiger partial charge in [-0.25, -0.2) is 0 Å². The van der Waals surface area contributed by atoms with Gasteiger partial charge in [-0.05, 0) is 43.1 Å². The molecule has 1 atom stereocenters. The van der Waals surface area contributed by atoms with Gasteiger partial charge in [0.2, 0.25) is 0 Å². The Kier molecular flexibility index (Phi) is 3.24. The Labute approximate surface area is 94.2 Å². The van der Waals surface area contributed by atoms with Crippen molar-refractivity contribution in [2.45, 2.75) is 19.3 Å². The van der Waals surface area contributed by atoms with Crippen molar-refractivity contribution < 1.29 is 0 Å². The predicted octanol–water partition coefficient (Wildman–Crippen LogP) is 3.26. The quantitative estimate of drug-likeness (QED) is 0.800. The van der Waals surface area contributed by atoms with Crippen LogP contribution < -0.4 is 0 Å². The Morgan fingerprint density at radius 3 is 2.43 bits per heavy atom. The van der Waals surface area contributed by atoms with Gasteiger partial charge in [0.05, 0.1) is 0 Å². The first-order valence-corrected chi connectivity index (χ1v) is 6.03. The van der Waals surface area contributed by atoms with E-state index in [0.29, 0.717) is 5.92 Å². The molecule has 0 bridgehead atoms. The van der Waals surface area contributed by atoms with Crippen LogP contribution in [-0.2, 0) is 0 Å². The first-order valence-electron chi connectivity index (χ1n) is 5.23. The molecular formula is C12H16BrN. The number of rotatable bonds is 3. The molecular weight excluding hydrogens is 238 g/mol. The van der Waals surface area contributed by atoms with Gasteiger partial charge in [0.15, 0.2) is 0 Å². The fourth-order valence-corrected chi connectivity index (χ4v) is 2.11. The summed E-state index contributed by atoms with van der Waals surface area (Å²) in [5.41, 5.74) is 1.44. The molecule has 0 radical (unpaired) electrons. The standard InChI is InChI=1S/C12H16BrN/c1-10(9-14-7-2-8-14)11-3-5-12(13)6-4-11/h3-6,10H,2,7-9H2,1H3. The maximum Gasteiger partial charge on any atom is 0.0175 e. The molecule has 1 aromatic carbocycles. The van der Waals surface area contributed by atoms with Gasteiger partial charge in [-0.15, -0.1) is 0 Å². The highest BCUT2D eigenvalue weighted by Gasteiger charge is 2.17. The van der Waals surface area contributed by atoms with E-state index in [-0.39, 0.29) is 0 Å². The van der Waals surface area contributed by atoms with Crippen LogP contribution in [0.2, 0.25) is 0 Å². The number of hydrogen-bond donors (Lipinski definition) is 0. The molecule has 2 rings (SSSR count). The number of nitrogens with zero attached hydrogens (tertiary/aromatic N) is 1. The molecule has 1 unspecified atom stereocenters. The minimum atomic E-state index is 0.656. The van der Waals surface area contributed by atoms with E-state index in [1.165, 1.54) is 31.6 Å². The van der Waals surface area contributed by atoms with Crippen LogP contribution in [0.1, 0.15) is 24.8 Å². The third-order valence-electron chi connectivity index (χ3n) is 2.92. The van der Waals surface area contributed by atoms with Crippen LogP contribution >= 0.6 is 15.9 Å². The van der Waals surface area contributed by atoms with E-state index in [4.69, 9.17) is 0 Å². The van der Waals surface area contributed by atoms with E-state index in [9.17, 15) is 0 Å². The van der Waals surface area contributed by atoms with Gasteiger partial charge in [0.25, 0.3) is 0 Å². The zero-order valence-corrected chi connectivity index (χ0v) is 10.1. The van der Waals surface area contributed by atoms with E-state index >= 15 is 0 Å². The summed E-state index contributed by atoms with van der Waals surface area (Å²) >= 11 is 3.46. The summed E-state index contributed by atoms with van der Waals surface area (Å²) in [5, 5.41) is 0. The minimum absolute atomic E-state index is 0.656. The van der Waals surface area contributed by atoms with E-state index < -0.39 is 0 Å². The number of benzene rings is 1. The van der Waals surface area contributed by atoms with Crippen LogP contribution in [0.25, 0.3) is 0 Å². The predicted molar refractivity (Wildman–Crippen MR) is 63.6 cm³/mol. The monoisotopic (exact) mass is 253 g/mol. The minimum Gasteiger partial charge on any atom is -0.303 e. The number of likely N-dealkylation sites (tertiary alicyclic amines) is 1. The Morgan fingerprint density at radius 2 is 1.93 bits per heavy atom. The van der Waals surface area contributed by atoms with Gasteiger partial charge < -0.3 is 4.90 Å². The number of halogens is 1. The van der Waals surface area contributed by atoms with Gasteiger partial charge in [0.1, 0.15) is 0 Å². The molecule has 1 heterocycles. The lowest BCUT2D eigenvalue weighted by Crippen LogP contribution is -2.39. The molecule has 0 aliphatic carbocycles. The van der Waals surface area contributed by atoms with Crippen LogP contribution in [0.4, 0.5) is 0 Å². The zero-order chi connectivity index (χ0) is 9.97. The Balaban J connectivity index is 1.95. The third kappa shape index (κ3) is 2.37. The lowest BCUT2D eigenvalue weighted by atomic mass is 9.99. The van der Waals surface area contributed by atoms with Crippen LogP contribution in [0.3, 0.4) is 0 Å². The molecule has 0 N–H and O–H groups in total. The average Bonchev–Trinajstić information content (AvgIpc) is 2.12. The largest absolute Gasteiger partial charge is 0.303 e. The van der Waals surface area contributed by atoms with Crippen LogP contribution in [0.15, 0.2) is 28.7 Å². The fraction of sp³-hybridized carbons (Fsp3) is 0.500. The van der Waals surface area contributed by atoms with Gasteiger partial charge >= 0.3 is 0 Å². The van der Waals surface area contributed by atoms with E-state index in [0.717, 1.165) is 4.47 Å². The maximum absolute atomic E-state index is 3.46. The second-order valence-corrected chi connectivity index (χ2v) is 5.02. The molecule has 1 aromatic rings. The molecule has 2 heteroatoms. The summed E-state index contributed by atoms with van der Waals surface area (Å²) in [6, 6.07) is 8.69. The van der Waals surface area contributed by atoms with Crippen LogP contribution in [-0.4, -0.2) is 24.5 Å². The highest BCUT2D eigenvalue weighted by atomic mass is 79.9. The van der Waals surface area contributed by atoms with E-state index in [1.54, 1.807) is 0 Å². The molecule has 0 amide bonds. The maximum atomic E-state index is 3.46. The Morgan fingerprint density at radius 1 is 1.29 bits per heavy atom. The van der Waals surface area contributed by atoms with Gasteiger partial charge in [-0.1, -0.05) is 35.0 Å². The van der Waals surface area contributed by atoms with Crippen molar-refractivity contribution >= 4 is 15.9 Å². The lowest BCUT2D eigenvalue weighted by molar-refractivity contribution is 0.172. The van der Waals surface area contributed by atoms with Gasteiger partial charge in [-0.2, -0.15) is 0 Å². The van der Waals surface area contributed by atoms with Crippen molar-refractivity contribution in [2.24, 2.45) is 0 Å². The number of hydrogen-bond acceptors (Lipinski definition) is 1. The summed E-state index contributed by atoms with van der Waals surface area (Å²) in [6.07, 6.45) is 1.38. The second-order valence-electron chi connectivity index (χ2n) is 4.11. The summed E-state index contributed by atoms with van der Waals surface area (Å²) in [4.78, 5) is 2.52. The van der Waals surface area contributed by atoms with Crippen molar-refractivity contribution in [3.8, 4) is 0 Å². The molecule has 0 saturated carbocycles. The smallest absolute Gasteiger partial charge is 0.0175 e. The van der Waals surface area contributed by atoms with Gasteiger partial charge in [0, 0.05) is 11.0 Å². The summed E-state index contributed by atoms with van der Waals surface area (Å²) in [6.45, 7) is 6.10. The Hall–Kier alpha value is -0.340. The van der Waals surface area contributed by atoms with Crippen molar-refractivity contribution in [3.63, 3.8) is 0 Å². The third-order valence-corrected chi connectivity index (χ3v) is 3.45. The van der Waals surface area contributed by atoms with Crippen molar-refractivity contribution in [2.75, 3.05) is 19.6 Å². The fourth-order valence-electron chi connectivity index (χ4n) is 1.85. The molecule has 76 valence electrons.